The van der Waals surface area contributed by atoms with E-state index in [2.05, 4.69) is 4.89 Å². The van der Waals surface area contributed by atoms with Crippen LogP contribution >= 0.6 is 0 Å². The molecule has 0 unspecified atom stereocenters. The third-order valence-electron chi connectivity index (χ3n) is 0.589. The first-order valence-corrected chi connectivity index (χ1v) is 2.18. The summed E-state index contributed by atoms with van der Waals surface area (Å²) in [5, 5.41) is 7.70. The molecule has 0 amide bonds. The van der Waals surface area contributed by atoms with Gasteiger partial charge in [0.1, 0.15) is 0 Å². The SMILES string of the molecule is CCCCOO.[Fe]. The predicted octanol–water partition coefficient (Wildman–Crippen LogP) is 1.27. The van der Waals surface area contributed by atoms with Gasteiger partial charge in [0, 0.05) is 17.1 Å². The maximum Gasteiger partial charge on any atom is 0.0819 e. The molecule has 0 aromatic rings. The first-order valence-electron chi connectivity index (χ1n) is 2.18. The molecule has 0 aromatic carbocycles. The molecule has 0 atom stereocenters. The van der Waals surface area contributed by atoms with Crippen molar-refractivity contribution in [2.75, 3.05) is 6.61 Å². The zero-order chi connectivity index (χ0) is 4.83. The summed E-state index contributed by atoms with van der Waals surface area (Å²) in [5.74, 6) is 0. The molecule has 0 heterocycles. The fraction of sp³-hybridized carbons (Fsp3) is 1.00. The van der Waals surface area contributed by atoms with E-state index in [9.17, 15) is 0 Å². The van der Waals surface area contributed by atoms with Gasteiger partial charge in [-0.15, -0.1) is 0 Å². The Morgan fingerprint density at radius 2 is 2.14 bits per heavy atom. The zero-order valence-corrected chi connectivity index (χ0v) is 5.43. The third-order valence-corrected chi connectivity index (χ3v) is 0.589. The van der Waals surface area contributed by atoms with Crippen LogP contribution in [0.15, 0.2) is 0 Å². The van der Waals surface area contributed by atoms with Crippen molar-refractivity contribution in [3.63, 3.8) is 0 Å². The van der Waals surface area contributed by atoms with E-state index in [1.54, 1.807) is 0 Å². The first kappa shape index (κ1) is 10.4. The molecule has 1 N–H and O–H groups in total. The van der Waals surface area contributed by atoms with Gasteiger partial charge in [-0.1, -0.05) is 13.3 Å². The van der Waals surface area contributed by atoms with Gasteiger partial charge in [0.25, 0.3) is 0 Å². The molecular formula is C4H10FeO2. The number of hydrogen-bond acceptors (Lipinski definition) is 2. The molecule has 0 saturated carbocycles. The van der Waals surface area contributed by atoms with Crippen LogP contribution < -0.4 is 0 Å². The van der Waals surface area contributed by atoms with Crippen molar-refractivity contribution in [3.05, 3.63) is 0 Å². The van der Waals surface area contributed by atoms with Crippen molar-refractivity contribution in [2.24, 2.45) is 0 Å². The maximum absolute atomic E-state index is 7.70. The Bertz CT molecular complexity index is 21.7. The van der Waals surface area contributed by atoms with E-state index in [1.165, 1.54) is 0 Å². The standard InChI is InChI=1S/C4H10O2.Fe/c1-2-3-4-6-5;/h5H,2-4H2,1H3;. The topological polar surface area (TPSA) is 29.5 Å². The van der Waals surface area contributed by atoms with E-state index in [0.29, 0.717) is 6.61 Å². The molecule has 0 radical (unpaired) electrons. The number of hydrogen-bond donors (Lipinski definition) is 1. The molecule has 46 valence electrons. The molecule has 0 fully saturated rings. The minimum atomic E-state index is 0. The molecule has 0 saturated heterocycles. The smallest absolute Gasteiger partial charge is 0.0819 e. The quantitative estimate of drug-likeness (QED) is 0.281. The Morgan fingerprint density at radius 3 is 2.29 bits per heavy atom. The number of unbranched alkanes of at least 4 members (excludes halogenated alkanes) is 1. The van der Waals surface area contributed by atoms with Crippen LogP contribution in [0.4, 0.5) is 0 Å². The van der Waals surface area contributed by atoms with Gasteiger partial charge in [0.05, 0.1) is 6.61 Å². The van der Waals surface area contributed by atoms with Gasteiger partial charge >= 0.3 is 0 Å². The Morgan fingerprint density at radius 1 is 1.57 bits per heavy atom. The van der Waals surface area contributed by atoms with Crippen molar-refractivity contribution in [1.82, 2.24) is 0 Å². The van der Waals surface area contributed by atoms with Gasteiger partial charge in [-0.05, 0) is 6.42 Å². The van der Waals surface area contributed by atoms with Crippen LogP contribution in [-0.4, -0.2) is 11.9 Å². The molecule has 0 aromatic heterocycles. The summed E-state index contributed by atoms with van der Waals surface area (Å²) in [6.07, 6.45) is 2.01. The Kier molecular flexibility index (Phi) is 14.4. The minimum Gasteiger partial charge on any atom is -0.252 e. The number of rotatable bonds is 3. The second-order valence-electron chi connectivity index (χ2n) is 1.19. The first-order chi connectivity index (χ1) is 2.91. The van der Waals surface area contributed by atoms with Gasteiger partial charge in [-0.3, -0.25) is 5.26 Å². The summed E-state index contributed by atoms with van der Waals surface area (Å²) >= 11 is 0. The Labute approximate surface area is 54.3 Å². The van der Waals surface area contributed by atoms with Gasteiger partial charge in [-0.25, -0.2) is 4.89 Å². The second kappa shape index (κ2) is 9.67. The van der Waals surface area contributed by atoms with E-state index in [4.69, 9.17) is 5.26 Å². The van der Waals surface area contributed by atoms with Crippen molar-refractivity contribution in [2.45, 2.75) is 19.8 Å². The van der Waals surface area contributed by atoms with E-state index >= 15 is 0 Å². The summed E-state index contributed by atoms with van der Waals surface area (Å²) in [7, 11) is 0. The van der Waals surface area contributed by atoms with Crippen molar-refractivity contribution >= 4 is 0 Å². The Balaban J connectivity index is 0. The summed E-state index contributed by atoms with van der Waals surface area (Å²) in [5.41, 5.74) is 0. The van der Waals surface area contributed by atoms with Gasteiger partial charge < -0.3 is 0 Å². The van der Waals surface area contributed by atoms with Crippen LogP contribution in [0, 0.1) is 0 Å². The molecule has 7 heavy (non-hydrogen) atoms. The van der Waals surface area contributed by atoms with E-state index in [-0.39, 0.29) is 17.1 Å². The fourth-order valence-electron chi connectivity index (χ4n) is 0.209. The molecule has 0 aliphatic heterocycles. The predicted molar refractivity (Wildman–Crippen MR) is 23.5 cm³/mol. The van der Waals surface area contributed by atoms with Crippen LogP contribution in [-0.2, 0) is 22.0 Å². The largest absolute Gasteiger partial charge is 0.252 e. The molecule has 0 aliphatic rings. The van der Waals surface area contributed by atoms with Crippen LogP contribution in [0.2, 0.25) is 0 Å². The molecule has 2 nitrogen and oxygen atoms in total. The molecule has 0 spiro atoms. The molecule has 3 heteroatoms. The summed E-state index contributed by atoms with van der Waals surface area (Å²) in [4.78, 5) is 3.78. The van der Waals surface area contributed by atoms with Gasteiger partial charge in [-0.2, -0.15) is 0 Å². The molecular weight excluding hydrogens is 136 g/mol. The zero-order valence-electron chi connectivity index (χ0n) is 4.33. The minimum absolute atomic E-state index is 0. The normalized spacial score (nSPS) is 7.71. The summed E-state index contributed by atoms with van der Waals surface area (Å²) in [6, 6.07) is 0. The van der Waals surface area contributed by atoms with E-state index in [0.717, 1.165) is 12.8 Å². The second-order valence-corrected chi connectivity index (χ2v) is 1.19. The van der Waals surface area contributed by atoms with Crippen LogP contribution in [0.5, 0.6) is 0 Å². The van der Waals surface area contributed by atoms with Gasteiger partial charge in [0.15, 0.2) is 0 Å². The average molecular weight is 146 g/mol. The van der Waals surface area contributed by atoms with Crippen molar-refractivity contribution in [1.29, 1.82) is 0 Å². The average Bonchev–Trinajstić information content (AvgIpc) is 1.61. The summed E-state index contributed by atoms with van der Waals surface area (Å²) in [6.45, 7) is 2.51. The van der Waals surface area contributed by atoms with Gasteiger partial charge in [0.2, 0.25) is 0 Å². The van der Waals surface area contributed by atoms with Crippen LogP contribution in [0.1, 0.15) is 19.8 Å². The summed E-state index contributed by atoms with van der Waals surface area (Å²) < 4.78 is 0. The molecule has 0 aliphatic carbocycles. The van der Waals surface area contributed by atoms with Crippen molar-refractivity contribution in [3.8, 4) is 0 Å². The Hall–Kier alpha value is 0.439. The monoisotopic (exact) mass is 146 g/mol. The van der Waals surface area contributed by atoms with E-state index < -0.39 is 0 Å². The third kappa shape index (κ3) is 10.7. The van der Waals surface area contributed by atoms with E-state index in [1.807, 2.05) is 6.92 Å². The maximum atomic E-state index is 7.70. The van der Waals surface area contributed by atoms with Crippen LogP contribution in [0.25, 0.3) is 0 Å². The van der Waals surface area contributed by atoms with Crippen LogP contribution in [0.3, 0.4) is 0 Å². The van der Waals surface area contributed by atoms with Crippen molar-refractivity contribution < 1.29 is 27.2 Å². The fourth-order valence-corrected chi connectivity index (χ4v) is 0.209. The molecule has 0 bridgehead atoms. The molecule has 0 rings (SSSR count).